The Morgan fingerprint density at radius 3 is 1.54 bits per heavy atom. The van der Waals surface area contributed by atoms with Crippen molar-refractivity contribution in [1.29, 1.82) is 5.26 Å². The van der Waals surface area contributed by atoms with E-state index < -0.39 is 64.1 Å². The summed E-state index contributed by atoms with van der Waals surface area (Å²) in [6, 6.07) is 0.835. The summed E-state index contributed by atoms with van der Waals surface area (Å²) in [5.74, 6) is -12.3. The predicted molar refractivity (Wildman–Crippen MR) is 71.0 cm³/mol. The van der Waals surface area contributed by atoms with Gasteiger partial charge >= 0.3 is 6.18 Å². The normalized spacial score (nSPS) is 15.7. The molecule has 1 aromatic carbocycles. The quantitative estimate of drug-likeness (QED) is 0.438. The molecule has 0 heterocycles. The molecule has 0 spiro atoms. The number of halogens is 7. The van der Waals surface area contributed by atoms with E-state index in [0.29, 0.717) is 0 Å². The Labute approximate surface area is 154 Å². The summed E-state index contributed by atoms with van der Waals surface area (Å²) >= 11 is 0. The molecule has 0 aliphatic heterocycles. The zero-order valence-corrected chi connectivity index (χ0v) is 14.7. The molecule has 0 amide bonds. The molecule has 0 aliphatic rings. The Bertz CT molecular complexity index is 681. The summed E-state index contributed by atoms with van der Waals surface area (Å²) in [4.78, 5) is 0. The number of benzene rings is 1. The van der Waals surface area contributed by atoms with Crippen molar-refractivity contribution in [2.45, 2.75) is 39.2 Å². The summed E-state index contributed by atoms with van der Waals surface area (Å²) in [6.45, 7) is 3.49. The van der Waals surface area contributed by atoms with Gasteiger partial charge in [0.25, 0.3) is 0 Å². The molecule has 11 heteroatoms. The van der Waals surface area contributed by atoms with Gasteiger partial charge in [-0.15, -0.1) is 0 Å². The Morgan fingerprint density at radius 2 is 1.27 bits per heavy atom. The number of rotatable bonds is 3. The smallest absolute Gasteiger partial charge is 0.392 e. The van der Waals surface area contributed by atoms with Gasteiger partial charge in [0.2, 0.25) is 0 Å². The maximum Gasteiger partial charge on any atom is 0.397 e. The Hall–Kier alpha value is -1.34. The summed E-state index contributed by atoms with van der Waals surface area (Å²) < 4.78 is 94.7. The molecular weight excluding hydrogens is 415 g/mol. The van der Waals surface area contributed by atoms with Crippen LogP contribution in [0.15, 0.2) is 0 Å². The zero-order chi connectivity index (χ0) is 19.9. The Balaban J connectivity index is 0.00000625. The predicted octanol–water partition coefficient (Wildman–Crippen LogP) is 3.73. The number of aliphatic hydroxyl groups excluding tert-OH is 2. The van der Waals surface area contributed by atoms with Crippen molar-refractivity contribution >= 4 is 0 Å². The zero-order valence-electron chi connectivity index (χ0n) is 13.6. The molecule has 3 unspecified atom stereocenters. The summed E-state index contributed by atoms with van der Waals surface area (Å²) in [5.41, 5.74) is -5.11. The number of nitrogens with zero attached hydrogens (tertiary/aromatic N) is 1. The molecule has 0 radical (unpaired) electrons. The van der Waals surface area contributed by atoms with Gasteiger partial charge in [-0.1, -0.05) is 20.8 Å². The summed E-state index contributed by atoms with van der Waals surface area (Å²) in [7, 11) is 0. The minimum absolute atomic E-state index is 0. The van der Waals surface area contributed by atoms with Gasteiger partial charge in [0.15, 0.2) is 23.3 Å². The first kappa shape index (κ1) is 24.7. The first-order chi connectivity index (χ1) is 11.2. The largest absolute Gasteiger partial charge is 0.397 e. The molecule has 3 nitrogen and oxygen atoms in total. The maximum absolute atomic E-state index is 13.9. The second-order valence-corrected chi connectivity index (χ2v) is 6.48. The van der Waals surface area contributed by atoms with Crippen molar-refractivity contribution in [3.8, 4) is 6.07 Å². The van der Waals surface area contributed by atoms with Crippen molar-refractivity contribution in [1.82, 2.24) is 0 Å². The third-order valence-corrected chi connectivity index (χ3v) is 3.65. The van der Waals surface area contributed by atoms with Crippen LogP contribution in [0.3, 0.4) is 0 Å². The van der Waals surface area contributed by atoms with Crippen LogP contribution >= 0.6 is 0 Å². The van der Waals surface area contributed by atoms with E-state index in [1.54, 1.807) is 0 Å². The topological polar surface area (TPSA) is 64.2 Å². The van der Waals surface area contributed by atoms with E-state index in [2.05, 4.69) is 0 Å². The van der Waals surface area contributed by atoms with Gasteiger partial charge in [-0.3, -0.25) is 0 Å². The van der Waals surface area contributed by atoms with Crippen LogP contribution in [0.4, 0.5) is 30.7 Å². The first-order valence-corrected chi connectivity index (χ1v) is 6.85. The second kappa shape index (κ2) is 8.13. The molecular formula is C15H14F7FeNO2. The van der Waals surface area contributed by atoms with Crippen LogP contribution in [-0.4, -0.2) is 22.5 Å². The number of alkyl halides is 3. The maximum atomic E-state index is 13.9. The van der Waals surface area contributed by atoms with E-state index in [-0.39, 0.29) is 17.1 Å². The fourth-order valence-corrected chi connectivity index (χ4v) is 2.26. The molecule has 1 aromatic rings. The molecule has 0 fully saturated rings. The molecule has 3 atom stereocenters. The van der Waals surface area contributed by atoms with Gasteiger partial charge in [0.05, 0.1) is 17.8 Å². The number of nitriles is 1. The monoisotopic (exact) mass is 429 g/mol. The average molecular weight is 429 g/mol. The van der Waals surface area contributed by atoms with E-state index in [9.17, 15) is 40.9 Å². The van der Waals surface area contributed by atoms with Crippen LogP contribution in [0.5, 0.6) is 0 Å². The van der Waals surface area contributed by atoms with E-state index in [0.717, 1.165) is 26.8 Å². The first-order valence-electron chi connectivity index (χ1n) is 6.85. The van der Waals surface area contributed by atoms with E-state index >= 15 is 0 Å². The van der Waals surface area contributed by atoms with Crippen molar-refractivity contribution in [2.75, 3.05) is 0 Å². The molecule has 148 valence electrons. The standard InChI is InChI=1S/C15H14F7NO2.Fe/c1-14(2,3)13(25)7(15(20,21)22)12(24)6-10(18)8(16)5(4-23)9(17)11(6)19;/h7,12-13,24-25H,1-3H3;. The van der Waals surface area contributed by atoms with E-state index in [1.807, 2.05) is 0 Å². The minimum atomic E-state index is -5.36. The molecule has 0 aliphatic carbocycles. The van der Waals surface area contributed by atoms with Crippen LogP contribution in [0.25, 0.3) is 0 Å². The van der Waals surface area contributed by atoms with Crippen molar-refractivity contribution in [3.05, 3.63) is 34.4 Å². The summed E-state index contributed by atoms with van der Waals surface area (Å²) in [6.07, 6.45) is -10.9. The van der Waals surface area contributed by atoms with Gasteiger partial charge in [0, 0.05) is 17.1 Å². The second-order valence-electron chi connectivity index (χ2n) is 6.48. The van der Waals surface area contributed by atoms with Crippen molar-refractivity contribution < 1.29 is 58.0 Å². The molecule has 2 N–H and O–H groups in total. The van der Waals surface area contributed by atoms with Crippen LogP contribution in [-0.2, 0) is 17.1 Å². The van der Waals surface area contributed by atoms with Crippen LogP contribution in [0.2, 0.25) is 0 Å². The number of hydrogen-bond donors (Lipinski definition) is 2. The van der Waals surface area contributed by atoms with Gasteiger partial charge in [0.1, 0.15) is 17.6 Å². The van der Waals surface area contributed by atoms with E-state index in [4.69, 9.17) is 5.26 Å². The SMILES string of the molecule is CC(C)(C)C(O)C(C(O)c1c(F)c(F)c(C#N)c(F)c1F)C(F)(F)F.[Fe]. The molecule has 1 rings (SSSR count). The molecule has 0 saturated heterocycles. The van der Waals surface area contributed by atoms with Gasteiger partial charge in [-0.05, 0) is 5.41 Å². The number of hydrogen-bond acceptors (Lipinski definition) is 3. The molecule has 0 aromatic heterocycles. The van der Waals surface area contributed by atoms with Crippen molar-refractivity contribution in [3.63, 3.8) is 0 Å². The van der Waals surface area contributed by atoms with Crippen molar-refractivity contribution in [2.24, 2.45) is 11.3 Å². The Kier molecular flexibility index (Phi) is 7.71. The average Bonchev–Trinajstić information content (AvgIpc) is 2.43. The van der Waals surface area contributed by atoms with Crippen LogP contribution in [0, 0.1) is 45.9 Å². The third kappa shape index (κ3) is 4.49. The van der Waals surface area contributed by atoms with E-state index in [1.165, 1.54) is 0 Å². The van der Waals surface area contributed by atoms with Gasteiger partial charge in [-0.25, -0.2) is 17.6 Å². The number of aliphatic hydroxyl groups is 2. The van der Waals surface area contributed by atoms with Gasteiger partial charge in [-0.2, -0.15) is 18.4 Å². The summed E-state index contributed by atoms with van der Waals surface area (Å²) in [5, 5.41) is 28.2. The van der Waals surface area contributed by atoms with Crippen LogP contribution in [0.1, 0.15) is 38.0 Å². The van der Waals surface area contributed by atoms with Gasteiger partial charge < -0.3 is 10.2 Å². The third-order valence-electron chi connectivity index (χ3n) is 3.65. The molecule has 26 heavy (non-hydrogen) atoms. The fraction of sp³-hybridized carbons (Fsp3) is 0.533. The Morgan fingerprint density at radius 1 is 0.885 bits per heavy atom. The minimum Gasteiger partial charge on any atom is -0.392 e. The molecule has 0 saturated carbocycles. The fourth-order valence-electron chi connectivity index (χ4n) is 2.26. The molecule has 0 bridgehead atoms. The van der Waals surface area contributed by atoms with Crippen LogP contribution < -0.4 is 0 Å².